The Morgan fingerprint density at radius 1 is 0.804 bits per heavy atom. The van der Waals surface area contributed by atoms with E-state index >= 15 is 0 Å². The molecule has 56 heavy (non-hydrogen) atoms. The highest BCUT2D eigenvalue weighted by Gasteiger charge is 2.61. The summed E-state index contributed by atoms with van der Waals surface area (Å²) in [4.78, 5) is 38.6. The quantitative estimate of drug-likeness (QED) is 0.196. The van der Waals surface area contributed by atoms with Gasteiger partial charge in [-0.15, -0.1) is 0 Å². The van der Waals surface area contributed by atoms with Crippen LogP contribution in [0.5, 0.6) is 0 Å². The van der Waals surface area contributed by atoms with Crippen LogP contribution in [0.2, 0.25) is 0 Å². The number of hydrogen-bond acceptors (Lipinski definition) is 15. The molecule has 5 heterocycles. The first kappa shape index (κ1) is 44.6. The van der Waals surface area contributed by atoms with Gasteiger partial charge in [0.1, 0.15) is 18.3 Å². The Morgan fingerprint density at radius 2 is 1.46 bits per heavy atom. The minimum Gasteiger partial charge on any atom is -0.457 e. The number of methoxy groups -OCH3 is 1. The highest BCUT2D eigenvalue weighted by Crippen LogP contribution is 2.39. The predicted octanol–water partition coefficient (Wildman–Crippen LogP) is 2.96. The van der Waals surface area contributed by atoms with Crippen LogP contribution < -0.4 is 0 Å². The number of esters is 3. The van der Waals surface area contributed by atoms with Crippen molar-refractivity contribution in [3.63, 3.8) is 0 Å². The number of allylic oxidation sites excluding steroid dienone is 3. The molecule has 0 aliphatic carbocycles. The van der Waals surface area contributed by atoms with Crippen molar-refractivity contribution in [3.05, 3.63) is 24.3 Å². The van der Waals surface area contributed by atoms with E-state index in [1.165, 1.54) is 7.11 Å². The molecule has 0 radical (unpaired) electrons. The van der Waals surface area contributed by atoms with Crippen molar-refractivity contribution in [1.29, 1.82) is 0 Å². The standard InChI is InChI=1S/C41H64O15/c1-7-12-33(44)55-35-24(5)50-39(37(49-6)36(35)56-34(45)13-8-2)52-26-18-25-16-22(3)14-10-9-11-15-29-23(4)17-30(53-29)28(42)21-31-38(46)41(48,40(47)54-31)32(43)20-27(19-26)51-25/h9-11,14,22-32,35-39,42-43,46,48H,7-8,12-13,15-21H2,1-6H3/b11-9-,14-10+/t22-,23-,24-,25+,26-,27+,28-,29-,30-,31-,32-,35+,36+,37+,38+,39-,41+/m0/s1. The minimum absolute atomic E-state index is 0.0518. The summed E-state index contributed by atoms with van der Waals surface area (Å²) in [6.07, 6.45) is -1.67. The monoisotopic (exact) mass is 796 g/mol. The van der Waals surface area contributed by atoms with Crippen molar-refractivity contribution in [1.82, 2.24) is 0 Å². The van der Waals surface area contributed by atoms with Crippen molar-refractivity contribution >= 4 is 17.9 Å². The number of aliphatic hydroxyl groups is 4. The fourth-order valence-electron chi connectivity index (χ4n) is 8.66. The third kappa shape index (κ3) is 10.6. The van der Waals surface area contributed by atoms with Crippen LogP contribution in [-0.4, -0.2) is 137 Å². The zero-order chi connectivity index (χ0) is 40.7. The van der Waals surface area contributed by atoms with E-state index in [0.29, 0.717) is 38.5 Å². The maximum Gasteiger partial charge on any atom is 0.344 e. The van der Waals surface area contributed by atoms with E-state index in [4.69, 9.17) is 37.9 Å². The summed E-state index contributed by atoms with van der Waals surface area (Å²) in [5.41, 5.74) is -2.67. The average Bonchev–Trinajstić information content (AvgIpc) is 3.61. The Hall–Kier alpha value is -2.47. The van der Waals surface area contributed by atoms with Gasteiger partial charge < -0.3 is 58.3 Å². The summed E-state index contributed by atoms with van der Waals surface area (Å²) in [7, 11) is 1.43. The van der Waals surface area contributed by atoms with E-state index in [-0.39, 0.29) is 50.0 Å². The molecule has 318 valence electrons. The molecule has 0 spiro atoms. The molecule has 4 saturated heterocycles. The lowest BCUT2D eigenvalue weighted by molar-refractivity contribution is -0.319. The van der Waals surface area contributed by atoms with Gasteiger partial charge in [0.25, 0.3) is 0 Å². The van der Waals surface area contributed by atoms with Crippen molar-refractivity contribution in [2.24, 2.45) is 11.8 Å². The first-order chi connectivity index (χ1) is 26.7. The molecule has 0 unspecified atom stereocenters. The zero-order valence-electron chi connectivity index (χ0n) is 33.6. The number of carbonyl (C=O) groups excluding carboxylic acids is 3. The number of hydrogen-bond donors (Lipinski definition) is 4. The second-order valence-corrected chi connectivity index (χ2v) is 16.4. The van der Waals surface area contributed by atoms with Crippen molar-refractivity contribution in [3.8, 4) is 0 Å². The molecule has 6 bridgehead atoms. The molecule has 4 fully saturated rings. The van der Waals surface area contributed by atoms with E-state index in [0.717, 1.165) is 0 Å². The Kier molecular flexibility index (Phi) is 15.9. The highest BCUT2D eigenvalue weighted by atomic mass is 16.7. The van der Waals surface area contributed by atoms with Crippen molar-refractivity contribution in [2.75, 3.05) is 7.11 Å². The third-order valence-corrected chi connectivity index (χ3v) is 11.8. The summed E-state index contributed by atoms with van der Waals surface area (Å²) in [5.74, 6) is -1.91. The summed E-state index contributed by atoms with van der Waals surface area (Å²) < 4.78 is 48.4. The summed E-state index contributed by atoms with van der Waals surface area (Å²) >= 11 is 0. The fraction of sp³-hybridized carbons (Fsp3) is 0.829. The maximum absolute atomic E-state index is 13.2. The number of aliphatic hydroxyl groups excluding tert-OH is 3. The van der Waals surface area contributed by atoms with E-state index in [1.807, 2.05) is 39.0 Å². The van der Waals surface area contributed by atoms with E-state index in [1.54, 1.807) is 6.92 Å². The molecule has 0 saturated carbocycles. The highest BCUT2D eigenvalue weighted by molar-refractivity contribution is 5.83. The van der Waals surface area contributed by atoms with Crippen LogP contribution in [0.15, 0.2) is 24.3 Å². The van der Waals surface area contributed by atoms with Crippen LogP contribution in [0.25, 0.3) is 0 Å². The molecular formula is C41H64O15. The van der Waals surface area contributed by atoms with Crippen LogP contribution in [0.3, 0.4) is 0 Å². The van der Waals surface area contributed by atoms with Gasteiger partial charge in [-0.25, -0.2) is 4.79 Å². The zero-order valence-corrected chi connectivity index (χ0v) is 33.6. The predicted molar refractivity (Wildman–Crippen MR) is 199 cm³/mol. The average molecular weight is 797 g/mol. The molecule has 15 heteroatoms. The second kappa shape index (κ2) is 20.0. The number of fused-ring (bicyclic) bond motifs is 6. The molecule has 0 amide bonds. The second-order valence-electron chi connectivity index (χ2n) is 16.4. The molecule has 4 N–H and O–H groups in total. The maximum atomic E-state index is 13.2. The molecule has 5 rings (SSSR count). The number of carbonyl (C=O) groups is 3. The SMILES string of the molecule is CCCC(=O)O[C@H]1[C@@H](OC)[C@H](O[C@@H]2C[C@@H]3C[C@H](O)[C@]4(O)C(=O)O[C@@H](C[C@H](O)[C@@H]5C[C@H](C)[C@H](C/C=C\C=C\[C@H](C)C[C@H](C2)O3)O5)[C@H]4O)O[C@@H](C)[C@H]1OC(=O)CCC. The van der Waals surface area contributed by atoms with E-state index in [9.17, 15) is 34.8 Å². The Morgan fingerprint density at radius 3 is 2.12 bits per heavy atom. The van der Waals surface area contributed by atoms with Gasteiger partial charge in [-0.2, -0.15) is 0 Å². The van der Waals surface area contributed by atoms with Crippen LogP contribution in [-0.2, 0) is 52.3 Å². The topological polar surface area (TPSA) is 206 Å². The first-order valence-corrected chi connectivity index (χ1v) is 20.5. The molecule has 15 nitrogen and oxygen atoms in total. The van der Waals surface area contributed by atoms with Gasteiger partial charge in [0.2, 0.25) is 5.60 Å². The van der Waals surface area contributed by atoms with Crippen LogP contribution in [0.1, 0.15) is 105 Å². The van der Waals surface area contributed by atoms with Gasteiger partial charge in [0.15, 0.2) is 18.5 Å². The van der Waals surface area contributed by atoms with Crippen molar-refractivity contribution in [2.45, 2.75) is 196 Å². The lowest BCUT2D eigenvalue weighted by Gasteiger charge is -2.46. The van der Waals surface area contributed by atoms with Gasteiger partial charge in [-0.3, -0.25) is 9.59 Å². The van der Waals surface area contributed by atoms with Crippen molar-refractivity contribution < 1.29 is 72.7 Å². The minimum atomic E-state index is -2.67. The Bertz CT molecular complexity index is 1370. The molecule has 0 aromatic carbocycles. The lowest BCUT2D eigenvalue weighted by Crippen LogP contribution is -2.61. The molecule has 5 aliphatic rings. The van der Waals surface area contributed by atoms with Gasteiger partial charge in [0.05, 0.1) is 48.8 Å². The normalized spacial score (nSPS) is 44.6. The van der Waals surface area contributed by atoms with Gasteiger partial charge in [0, 0.05) is 45.6 Å². The smallest absolute Gasteiger partial charge is 0.344 e. The van der Waals surface area contributed by atoms with Gasteiger partial charge >= 0.3 is 17.9 Å². The van der Waals surface area contributed by atoms with Gasteiger partial charge in [-0.05, 0) is 50.9 Å². The Labute approximate surface area is 329 Å². The molecule has 0 aromatic heterocycles. The first-order valence-electron chi connectivity index (χ1n) is 20.5. The van der Waals surface area contributed by atoms with Crippen LogP contribution >= 0.6 is 0 Å². The lowest BCUT2D eigenvalue weighted by atomic mass is 9.83. The molecule has 0 aromatic rings. The van der Waals surface area contributed by atoms with E-state index < -0.39 is 103 Å². The summed E-state index contributed by atoms with van der Waals surface area (Å²) in [5, 5.41) is 45.4. The molecule has 5 aliphatic heterocycles. The Balaban J connectivity index is 1.38. The number of ether oxygens (including phenoxy) is 8. The van der Waals surface area contributed by atoms with E-state index in [2.05, 4.69) is 13.0 Å². The summed E-state index contributed by atoms with van der Waals surface area (Å²) in [6.45, 7) is 9.52. The van der Waals surface area contributed by atoms with Crippen LogP contribution in [0.4, 0.5) is 0 Å². The summed E-state index contributed by atoms with van der Waals surface area (Å²) in [6, 6.07) is 0. The fourth-order valence-corrected chi connectivity index (χ4v) is 8.66. The third-order valence-electron chi connectivity index (χ3n) is 11.8. The molecule has 17 atom stereocenters. The van der Waals surface area contributed by atoms with Crippen LogP contribution in [0, 0.1) is 11.8 Å². The molecular weight excluding hydrogens is 732 g/mol. The largest absolute Gasteiger partial charge is 0.457 e. The van der Waals surface area contributed by atoms with Gasteiger partial charge in [-0.1, -0.05) is 52.0 Å². The number of rotatable bonds is 9.